The van der Waals surface area contributed by atoms with Gasteiger partial charge in [-0.2, -0.15) is 5.10 Å². The van der Waals surface area contributed by atoms with Gasteiger partial charge in [0.1, 0.15) is 0 Å². The number of aromatic nitrogens is 2. The molecule has 0 aliphatic carbocycles. The lowest BCUT2D eigenvalue weighted by Crippen LogP contribution is -2.17. The first kappa shape index (κ1) is 16.0. The smallest absolute Gasteiger partial charge is 0.311 e. The van der Waals surface area contributed by atoms with Crippen LogP contribution in [0.2, 0.25) is 5.02 Å². The zero-order valence-electron chi connectivity index (χ0n) is 11.8. The van der Waals surface area contributed by atoms with Gasteiger partial charge in [0.15, 0.2) is 0 Å². The molecule has 1 aromatic heterocycles. The highest BCUT2D eigenvalue weighted by atomic mass is 79.9. The molecule has 2 rings (SSSR count). The highest BCUT2D eigenvalue weighted by Gasteiger charge is 2.24. The summed E-state index contributed by atoms with van der Waals surface area (Å²) in [6, 6.07) is 7.00. The fraction of sp³-hybridized carbons (Fsp3) is 0.333. The Balaban J connectivity index is 2.40. The zero-order valence-corrected chi connectivity index (χ0v) is 14.1. The summed E-state index contributed by atoms with van der Waals surface area (Å²) in [5.41, 5.74) is 2.45. The van der Waals surface area contributed by atoms with Gasteiger partial charge in [-0.1, -0.05) is 23.7 Å². The SMILES string of the molecule is CCn1nc(C)c(Br)c1CC(C(=O)O)c1cccc(Cl)c1. The quantitative estimate of drug-likeness (QED) is 0.863. The number of aryl methyl sites for hydroxylation is 2. The monoisotopic (exact) mass is 370 g/mol. The predicted octanol–water partition coefficient (Wildman–Crippen LogP) is 4.04. The normalized spacial score (nSPS) is 12.4. The molecule has 1 aromatic carbocycles. The van der Waals surface area contributed by atoms with E-state index in [0.29, 0.717) is 23.6 Å². The second-order valence-electron chi connectivity index (χ2n) is 4.81. The number of hydrogen-bond acceptors (Lipinski definition) is 2. The summed E-state index contributed by atoms with van der Waals surface area (Å²) >= 11 is 9.47. The molecule has 0 radical (unpaired) electrons. The minimum atomic E-state index is -0.870. The van der Waals surface area contributed by atoms with Crippen molar-refractivity contribution >= 4 is 33.5 Å². The summed E-state index contributed by atoms with van der Waals surface area (Å²) in [5.74, 6) is -1.52. The van der Waals surface area contributed by atoms with Crippen LogP contribution in [0.3, 0.4) is 0 Å². The summed E-state index contributed by atoms with van der Waals surface area (Å²) < 4.78 is 2.71. The first-order valence-corrected chi connectivity index (χ1v) is 7.81. The van der Waals surface area contributed by atoms with E-state index in [2.05, 4.69) is 21.0 Å². The van der Waals surface area contributed by atoms with Crippen molar-refractivity contribution in [2.24, 2.45) is 0 Å². The number of aliphatic carboxylic acids is 1. The molecule has 0 amide bonds. The number of carboxylic acids is 1. The van der Waals surface area contributed by atoms with Crippen molar-refractivity contribution < 1.29 is 9.90 Å². The molecule has 21 heavy (non-hydrogen) atoms. The summed E-state index contributed by atoms with van der Waals surface area (Å²) in [6.07, 6.45) is 0.366. The number of halogens is 2. The van der Waals surface area contributed by atoms with E-state index in [-0.39, 0.29) is 0 Å². The molecule has 2 aromatic rings. The molecule has 112 valence electrons. The molecule has 0 aliphatic rings. The van der Waals surface area contributed by atoms with Crippen molar-refractivity contribution in [3.05, 3.63) is 50.7 Å². The second-order valence-corrected chi connectivity index (χ2v) is 6.04. The zero-order chi connectivity index (χ0) is 15.6. The Labute approximate surface area is 136 Å². The predicted molar refractivity (Wildman–Crippen MR) is 85.9 cm³/mol. The van der Waals surface area contributed by atoms with Gasteiger partial charge in [-0.05, 0) is 47.5 Å². The number of benzene rings is 1. The summed E-state index contributed by atoms with van der Waals surface area (Å²) in [4.78, 5) is 11.6. The second kappa shape index (κ2) is 6.62. The minimum absolute atomic E-state index is 0.366. The Bertz CT molecular complexity index is 670. The third-order valence-corrected chi connectivity index (χ3v) is 4.67. The fourth-order valence-electron chi connectivity index (χ4n) is 2.33. The average molecular weight is 372 g/mol. The van der Waals surface area contributed by atoms with E-state index < -0.39 is 11.9 Å². The van der Waals surface area contributed by atoms with Crippen LogP contribution in [0.4, 0.5) is 0 Å². The third kappa shape index (κ3) is 3.47. The molecule has 0 saturated carbocycles. The number of hydrogen-bond donors (Lipinski definition) is 1. The Morgan fingerprint density at radius 2 is 2.24 bits per heavy atom. The molecule has 0 spiro atoms. The molecule has 1 unspecified atom stereocenters. The largest absolute Gasteiger partial charge is 0.481 e. The van der Waals surface area contributed by atoms with Crippen LogP contribution < -0.4 is 0 Å². The summed E-state index contributed by atoms with van der Waals surface area (Å²) in [7, 11) is 0. The van der Waals surface area contributed by atoms with Crippen LogP contribution in [0.5, 0.6) is 0 Å². The number of carboxylic acid groups (broad SMARTS) is 1. The van der Waals surface area contributed by atoms with Gasteiger partial charge in [0, 0.05) is 18.0 Å². The third-order valence-electron chi connectivity index (χ3n) is 3.40. The maximum absolute atomic E-state index is 11.6. The molecule has 0 saturated heterocycles. The molecule has 0 aliphatic heterocycles. The van der Waals surface area contributed by atoms with Crippen LogP contribution in [0, 0.1) is 6.92 Å². The van der Waals surface area contributed by atoms with Crippen LogP contribution >= 0.6 is 27.5 Å². The maximum atomic E-state index is 11.6. The first-order valence-electron chi connectivity index (χ1n) is 6.64. The molecule has 4 nitrogen and oxygen atoms in total. The summed E-state index contributed by atoms with van der Waals surface area (Å²) in [5, 5.41) is 14.5. The Morgan fingerprint density at radius 1 is 1.52 bits per heavy atom. The maximum Gasteiger partial charge on any atom is 0.311 e. The van der Waals surface area contributed by atoms with Crippen molar-refractivity contribution in [3.8, 4) is 0 Å². The minimum Gasteiger partial charge on any atom is -0.481 e. The number of rotatable bonds is 5. The van der Waals surface area contributed by atoms with Crippen molar-refractivity contribution in [1.82, 2.24) is 9.78 Å². The molecule has 0 fully saturated rings. The van der Waals surface area contributed by atoms with Crippen molar-refractivity contribution in [1.29, 1.82) is 0 Å². The topological polar surface area (TPSA) is 55.1 Å². The van der Waals surface area contributed by atoms with Crippen LogP contribution in [-0.2, 0) is 17.8 Å². The fourth-order valence-corrected chi connectivity index (χ4v) is 2.97. The van der Waals surface area contributed by atoms with E-state index in [1.165, 1.54) is 0 Å². The molecular formula is C15H16BrClN2O2. The Kier molecular flexibility index (Phi) is 5.06. The van der Waals surface area contributed by atoms with Crippen molar-refractivity contribution in [2.45, 2.75) is 32.7 Å². The number of nitrogens with zero attached hydrogens (tertiary/aromatic N) is 2. The van der Waals surface area contributed by atoms with Crippen molar-refractivity contribution in [2.75, 3.05) is 0 Å². The van der Waals surface area contributed by atoms with Crippen LogP contribution in [0.1, 0.15) is 29.8 Å². The van der Waals surface area contributed by atoms with E-state index in [1.54, 1.807) is 24.3 Å². The molecular weight excluding hydrogens is 356 g/mol. The van der Waals surface area contributed by atoms with Gasteiger partial charge in [0.2, 0.25) is 0 Å². The van der Waals surface area contributed by atoms with E-state index in [9.17, 15) is 9.90 Å². The van der Waals surface area contributed by atoms with Gasteiger partial charge in [0.25, 0.3) is 0 Å². The molecule has 6 heteroatoms. The van der Waals surface area contributed by atoms with Gasteiger partial charge in [0.05, 0.1) is 21.8 Å². The van der Waals surface area contributed by atoms with Crippen LogP contribution in [-0.4, -0.2) is 20.9 Å². The van der Waals surface area contributed by atoms with Gasteiger partial charge in [-0.15, -0.1) is 0 Å². The lowest BCUT2D eigenvalue weighted by molar-refractivity contribution is -0.138. The Morgan fingerprint density at radius 3 is 2.81 bits per heavy atom. The standard InChI is InChI=1S/C15H16BrClN2O2/c1-3-19-13(14(16)9(2)18-19)8-12(15(20)21)10-5-4-6-11(17)7-10/h4-7,12H,3,8H2,1-2H3,(H,20,21). The Hall–Kier alpha value is -1.33. The summed E-state index contributed by atoms with van der Waals surface area (Å²) in [6.45, 7) is 4.58. The molecule has 1 heterocycles. The lowest BCUT2D eigenvalue weighted by atomic mass is 9.94. The van der Waals surface area contributed by atoms with Gasteiger partial charge in [-0.25, -0.2) is 0 Å². The average Bonchev–Trinajstić information content (AvgIpc) is 2.71. The van der Waals surface area contributed by atoms with Gasteiger partial charge < -0.3 is 5.11 Å². The van der Waals surface area contributed by atoms with E-state index >= 15 is 0 Å². The molecule has 1 N–H and O–H groups in total. The highest BCUT2D eigenvalue weighted by molar-refractivity contribution is 9.10. The van der Waals surface area contributed by atoms with Gasteiger partial charge in [-0.3, -0.25) is 9.48 Å². The van der Waals surface area contributed by atoms with E-state index in [1.807, 2.05) is 18.5 Å². The highest BCUT2D eigenvalue weighted by Crippen LogP contribution is 2.29. The van der Waals surface area contributed by atoms with Crippen LogP contribution in [0.15, 0.2) is 28.7 Å². The molecule has 1 atom stereocenters. The van der Waals surface area contributed by atoms with E-state index in [4.69, 9.17) is 11.6 Å². The van der Waals surface area contributed by atoms with Crippen LogP contribution in [0.25, 0.3) is 0 Å². The van der Waals surface area contributed by atoms with Crippen molar-refractivity contribution in [3.63, 3.8) is 0 Å². The van der Waals surface area contributed by atoms with E-state index in [0.717, 1.165) is 15.9 Å². The number of carbonyl (C=O) groups is 1. The lowest BCUT2D eigenvalue weighted by Gasteiger charge is -2.14. The molecule has 0 bridgehead atoms. The van der Waals surface area contributed by atoms with Gasteiger partial charge >= 0.3 is 5.97 Å². The first-order chi connectivity index (χ1) is 9.93.